The van der Waals surface area contributed by atoms with Crippen molar-refractivity contribution in [3.63, 3.8) is 0 Å². The lowest BCUT2D eigenvalue weighted by Crippen LogP contribution is -2.56. The molecule has 92 valence electrons. The standard InChI is InChI=1S/C12H23N3O/c13-10-7-14-4-1-11(10)16-12-8-15-5-2-9(12)3-6-15/h9-12,14H,1-8,13H2/t10?,11?,12-/m1/s1. The molecule has 2 unspecified atom stereocenters. The average molecular weight is 225 g/mol. The van der Waals surface area contributed by atoms with Gasteiger partial charge < -0.3 is 20.7 Å². The Morgan fingerprint density at radius 2 is 1.94 bits per heavy atom. The Labute approximate surface area is 97.5 Å². The highest BCUT2D eigenvalue weighted by Gasteiger charge is 2.37. The van der Waals surface area contributed by atoms with Gasteiger partial charge in [0.25, 0.3) is 0 Å². The van der Waals surface area contributed by atoms with Crippen LogP contribution in [0.4, 0.5) is 0 Å². The van der Waals surface area contributed by atoms with Crippen LogP contribution in [0.3, 0.4) is 0 Å². The largest absolute Gasteiger partial charge is 0.372 e. The minimum atomic E-state index is 0.184. The molecule has 16 heavy (non-hydrogen) atoms. The Kier molecular flexibility index (Phi) is 3.16. The second kappa shape index (κ2) is 4.61. The molecule has 0 amide bonds. The number of hydrogen-bond acceptors (Lipinski definition) is 4. The summed E-state index contributed by atoms with van der Waals surface area (Å²) in [7, 11) is 0. The summed E-state index contributed by atoms with van der Waals surface area (Å²) in [5, 5.41) is 3.32. The van der Waals surface area contributed by atoms with Crippen LogP contribution in [-0.4, -0.2) is 55.9 Å². The number of piperidine rings is 4. The van der Waals surface area contributed by atoms with Gasteiger partial charge in [-0.3, -0.25) is 0 Å². The summed E-state index contributed by atoms with van der Waals surface area (Å²) in [4.78, 5) is 2.54. The molecule has 4 fully saturated rings. The van der Waals surface area contributed by atoms with Crippen molar-refractivity contribution >= 4 is 0 Å². The second-order valence-corrected chi connectivity index (χ2v) is 5.51. The maximum atomic E-state index is 6.27. The third-order valence-electron chi connectivity index (χ3n) is 4.41. The van der Waals surface area contributed by atoms with Crippen molar-refractivity contribution in [2.75, 3.05) is 32.7 Å². The van der Waals surface area contributed by atoms with Crippen molar-refractivity contribution < 1.29 is 4.74 Å². The summed E-state index contributed by atoms with van der Waals surface area (Å²) in [6.07, 6.45) is 4.46. The number of nitrogens with zero attached hydrogens (tertiary/aromatic N) is 1. The highest BCUT2D eigenvalue weighted by atomic mass is 16.5. The molecular weight excluding hydrogens is 202 g/mol. The van der Waals surface area contributed by atoms with Crippen LogP contribution in [0.15, 0.2) is 0 Å². The summed E-state index contributed by atoms with van der Waals surface area (Å²) < 4.78 is 6.27. The first-order chi connectivity index (χ1) is 7.83. The molecule has 3 N–H and O–H groups in total. The lowest BCUT2D eigenvalue weighted by Gasteiger charge is -2.46. The molecule has 4 rings (SSSR count). The predicted molar refractivity (Wildman–Crippen MR) is 63.3 cm³/mol. The summed E-state index contributed by atoms with van der Waals surface area (Å²) >= 11 is 0. The van der Waals surface area contributed by atoms with E-state index >= 15 is 0 Å². The fraction of sp³-hybridized carbons (Fsp3) is 1.00. The monoisotopic (exact) mass is 225 g/mol. The van der Waals surface area contributed by atoms with Crippen LogP contribution >= 0.6 is 0 Å². The SMILES string of the molecule is NC1CNCCC1O[C@@H]1CN2CCC1CC2. The minimum Gasteiger partial charge on any atom is -0.372 e. The van der Waals surface area contributed by atoms with E-state index in [9.17, 15) is 0 Å². The number of ether oxygens (including phenoxy) is 1. The quantitative estimate of drug-likeness (QED) is 0.682. The number of nitrogens with one attached hydrogen (secondary N) is 1. The Morgan fingerprint density at radius 3 is 2.56 bits per heavy atom. The van der Waals surface area contributed by atoms with E-state index in [0.717, 1.165) is 32.0 Å². The number of nitrogens with two attached hydrogens (primary N) is 1. The van der Waals surface area contributed by atoms with Crippen LogP contribution in [0.25, 0.3) is 0 Å². The topological polar surface area (TPSA) is 50.5 Å². The Balaban J connectivity index is 1.57. The molecule has 0 aromatic rings. The predicted octanol–water partition coefficient (Wildman–Crippen LogP) is -0.214. The highest BCUT2D eigenvalue weighted by molar-refractivity contribution is 4.90. The van der Waals surface area contributed by atoms with Crippen LogP contribution < -0.4 is 11.1 Å². The van der Waals surface area contributed by atoms with Crippen molar-refractivity contribution in [3.8, 4) is 0 Å². The molecule has 3 atom stereocenters. The summed E-state index contributed by atoms with van der Waals surface area (Å²) in [5.74, 6) is 0.798. The maximum Gasteiger partial charge on any atom is 0.0755 e. The lowest BCUT2D eigenvalue weighted by atomic mass is 9.85. The molecule has 4 heteroatoms. The van der Waals surface area contributed by atoms with E-state index < -0.39 is 0 Å². The van der Waals surface area contributed by atoms with Gasteiger partial charge in [0.05, 0.1) is 12.2 Å². The van der Waals surface area contributed by atoms with Crippen molar-refractivity contribution in [2.45, 2.75) is 37.5 Å². The number of fused-ring (bicyclic) bond motifs is 3. The highest BCUT2D eigenvalue weighted by Crippen LogP contribution is 2.30. The molecule has 0 aromatic heterocycles. The zero-order valence-electron chi connectivity index (χ0n) is 9.90. The summed E-state index contributed by atoms with van der Waals surface area (Å²) in [6, 6.07) is 0.184. The van der Waals surface area contributed by atoms with E-state index in [4.69, 9.17) is 10.5 Å². The molecule has 0 aliphatic carbocycles. The molecule has 4 nitrogen and oxygen atoms in total. The fourth-order valence-corrected chi connectivity index (χ4v) is 3.32. The average Bonchev–Trinajstić information content (AvgIpc) is 2.34. The second-order valence-electron chi connectivity index (χ2n) is 5.51. The normalized spacial score (nSPS) is 48.2. The molecular formula is C12H23N3O. The molecule has 0 spiro atoms. The first kappa shape index (κ1) is 11.0. The van der Waals surface area contributed by atoms with Crippen LogP contribution in [0, 0.1) is 5.92 Å². The van der Waals surface area contributed by atoms with E-state index in [1.807, 2.05) is 0 Å². The zero-order valence-corrected chi connectivity index (χ0v) is 9.90. The molecule has 4 aliphatic rings. The number of rotatable bonds is 2. The van der Waals surface area contributed by atoms with Gasteiger partial charge in [0.15, 0.2) is 0 Å². The van der Waals surface area contributed by atoms with Crippen LogP contribution in [0.2, 0.25) is 0 Å². The van der Waals surface area contributed by atoms with Gasteiger partial charge in [0.1, 0.15) is 0 Å². The molecule has 4 aliphatic heterocycles. The van der Waals surface area contributed by atoms with E-state index in [1.54, 1.807) is 0 Å². The summed E-state index contributed by atoms with van der Waals surface area (Å²) in [6.45, 7) is 5.66. The van der Waals surface area contributed by atoms with Gasteiger partial charge in [-0.25, -0.2) is 0 Å². The Hall–Kier alpha value is -0.160. The smallest absolute Gasteiger partial charge is 0.0755 e. The fourth-order valence-electron chi connectivity index (χ4n) is 3.32. The Bertz CT molecular complexity index is 240. The summed E-state index contributed by atoms with van der Waals surface area (Å²) in [5.41, 5.74) is 6.09. The van der Waals surface area contributed by atoms with Gasteiger partial charge in [0.2, 0.25) is 0 Å². The van der Waals surface area contributed by atoms with E-state index in [0.29, 0.717) is 6.10 Å². The molecule has 0 aromatic carbocycles. The molecule has 2 bridgehead atoms. The van der Waals surface area contributed by atoms with Gasteiger partial charge in [0, 0.05) is 19.1 Å². The van der Waals surface area contributed by atoms with Crippen LogP contribution in [0.1, 0.15) is 19.3 Å². The first-order valence-corrected chi connectivity index (χ1v) is 6.67. The Morgan fingerprint density at radius 1 is 1.12 bits per heavy atom. The third-order valence-corrected chi connectivity index (χ3v) is 4.41. The van der Waals surface area contributed by atoms with Crippen molar-refractivity contribution in [1.82, 2.24) is 10.2 Å². The van der Waals surface area contributed by atoms with Crippen LogP contribution in [0.5, 0.6) is 0 Å². The number of hydrogen-bond donors (Lipinski definition) is 2. The molecule has 0 saturated carbocycles. The van der Waals surface area contributed by atoms with Gasteiger partial charge in [-0.1, -0.05) is 0 Å². The first-order valence-electron chi connectivity index (χ1n) is 6.67. The van der Waals surface area contributed by atoms with Crippen LogP contribution in [-0.2, 0) is 4.74 Å². The van der Waals surface area contributed by atoms with Crippen molar-refractivity contribution in [1.29, 1.82) is 0 Å². The van der Waals surface area contributed by atoms with Gasteiger partial charge in [-0.2, -0.15) is 0 Å². The van der Waals surface area contributed by atoms with Gasteiger partial charge >= 0.3 is 0 Å². The minimum absolute atomic E-state index is 0.184. The maximum absolute atomic E-state index is 6.27. The van der Waals surface area contributed by atoms with Gasteiger partial charge in [-0.15, -0.1) is 0 Å². The lowest BCUT2D eigenvalue weighted by molar-refractivity contribution is -0.114. The van der Waals surface area contributed by atoms with Gasteiger partial charge in [-0.05, 0) is 44.8 Å². The van der Waals surface area contributed by atoms with Crippen molar-refractivity contribution in [3.05, 3.63) is 0 Å². The molecule has 4 heterocycles. The molecule has 4 saturated heterocycles. The third kappa shape index (κ3) is 2.12. The van der Waals surface area contributed by atoms with Crippen molar-refractivity contribution in [2.24, 2.45) is 11.7 Å². The zero-order chi connectivity index (χ0) is 11.0. The molecule has 0 radical (unpaired) electrons. The van der Waals surface area contributed by atoms with E-state index in [2.05, 4.69) is 10.2 Å². The van der Waals surface area contributed by atoms with E-state index in [-0.39, 0.29) is 12.1 Å². The van der Waals surface area contributed by atoms with E-state index in [1.165, 1.54) is 25.9 Å².